The fraction of sp³-hybridized carbons (Fsp3) is 0.588. The number of rotatable bonds is 7. The molecule has 0 radical (unpaired) electrons. The molecule has 23 heavy (non-hydrogen) atoms. The van der Waals surface area contributed by atoms with Crippen LogP contribution < -0.4 is 5.32 Å². The lowest BCUT2D eigenvalue weighted by atomic mass is 9.89. The largest absolute Gasteiger partial charge is 0.457 e. The van der Waals surface area contributed by atoms with Crippen molar-refractivity contribution in [3.63, 3.8) is 0 Å². The van der Waals surface area contributed by atoms with Gasteiger partial charge in [0.05, 0.1) is 10.8 Å². The monoisotopic (exact) mass is 337 g/mol. The first-order valence-corrected chi connectivity index (χ1v) is 8.91. The summed E-state index contributed by atoms with van der Waals surface area (Å²) >= 11 is 1.39. The first-order chi connectivity index (χ1) is 11.1. The van der Waals surface area contributed by atoms with Gasteiger partial charge in [0.1, 0.15) is 0 Å². The fourth-order valence-electron chi connectivity index (χ4n) is 2.69. The lowest BCUT2D eigenvalue weighted by Gasteiger charge is -2.19. The van der Waals surface area contributed by atoms with Gasteiger partial charge in [-0.25, -0.2) is 0 Å². The Hall–Kier alpha value is -1.69. The number of Topliss-reactive ketones (excluding diaryl/α,β-unsaturated/α-hetero) is 1. The van der Waals surface area contributed by atoms with Crippen LogP contribution in [-0.4, -0.2) is 30.8 Å². The van der Waals surface area contributed by atoms with Crippen molar-refractivity contribution in [1.29, 1.82) is 0 Å². The third kappa shape index (κ3) is 5.78. The van der Waals surface area contributed by atoms with Gasteiger partial charge in [0.2, 0.25) is 11.7 Å². The van der Waals surface area contributed by atoms with E-state index in [0.29, 0.717) is 17.8 Å². The number of nitrogens with one attached hydrogen (secondary N) is 1. The summed E-state index contributed by atoms with van der Waals surface area (Å²) in [7, 11) is 0. The lowest BCUT2D eigenvalue weighted by molar-refractivity contribution is -0.148. The number of ketones is 1. The number of thiophene rings is 1. The van der Waals surface area contributed by atoms with Crippen molar-refractivity contribution in [2.45, 2.75) is 45.4 Å². The number of amides is 1. The van der Waals surface area contributed by atoms with Gasteiger partial charge in [-0.2, -0.15) is 0 Å². The number of ether oxygens (including phenoxy) is 1. The van der Waals surface area contributed by atoms with E-state index in [-0.39, 0.29) is 30.2 Å². The first-order valence-electron chi connectivity index (χ1n) is 8.09. The third-order valence-corrected chi connectivity index (χ3v) is 5.15. The highest BCUT2D eigenvalue weighted by atomic mass is 32.1. The second-order valence-corrected chi connectivity index (χ2v) is 7.03. The van der Waals surface area contributed by atoms with Gasteiger partial charge < -0.3 is 10.1 Å². The van der Waals surface area contributed by atoms with Crippen LogP contribution in [0.3, 0.4) is 0 Å². The molecule has 0 spiro atoms. The summed E-state index contributed by atoms with van der Waals surface area (Å²) in [4.78, 5) is 36.5. The molecule has 1 aromatic heterocycles. The molecule has 0 aromatic carbocycles. The van der Waals surface area contributed by atoms with E-state index in [1.807, 2.05) is 6.07 Å². The molecule has 1 aromatic rings. The minimum absolute atomic E-state index is 0.0342. The molecule has 0 unspecified atom stereocenters. The SMILES string of the molecule is CC(=O)NCCc1ccc(C(=O)COC(=O)C2CCCCC2)s1. The molecular formula is C17H23NO4S. The van der Waals surface area contributed by atoms with E-state index in [2.05, 4.69) is 5.32 Å². The number of carbonyl (C=O) groups excluding carboxylic acids is 3. The Bertz CT molecular complexity index is 561. The zero-order valence-electron chi connectivity index (χ0n) is 13.4. The normalized spacial score (nSPS) is 15.2. The lowest BCUT2D eigenvalue weighted by Crippen LogP contribution is -2.23. The Morgan fingerprint density at radius 1 is 1.22 bits per heavy atom. The number of hydrogen-bond acceptors (Lipinski definition) is 5. The predicted octanol–water partition coefficient (Wildman–Crippen LogP) is 2.73. The van der Waals surface area contributed by atoms with Crippen molar-refractivity contribution in [3.8, 4) is 0 Å². The van der Waals surface area contributed by atoms with Crippen LogP contribution in [-0.2, 0) is 20.7 Å². The molecule has 1 fully saturated rings. The average Bonchev–Trinajstić information content (AvgIpc) is 3.01. The van der Waals surface area contributed by atoms with Gasteiger partial charge in [0.15, 0.2) is 6.61 Å². The maximum Gasteiger partial charge on any atom is 0.309 e. The zero-order valence-corrected chi connectivity index (χ0v) is 14.2. The van der Waals surface area contributed by atoms with Crippen molar-refractivity contribution in [1.82, 2.24) is 5.32 Å². The van der Waals surface area contributed by atoms with E-state index in [1.54, 1.807) is 6.07 Å². The van der Waals surface area contributed by atoms with Gasteiger partial charge in [-0.1, -0.05) is 19.3 Å². The number of carbonyl (C=O) groups is 3. The molecule has 5 nitrogen and oxygen atoms in total. The summed E-state index contributed by atoms with van der Waals surface area (Å²) in [6.45, 7) is 1.85. The van der Waals surface area contributed by atoms with Crippen molar-refractivity contribution in [2.75, 3.05) is 13.2 Å². The van der Waals surface area contributed by atoms with Crippen molar-refractivity contribution >= 4 is 29.0 Å². The van der Waals surface area contributed by atoms with Gasteiger partial charge in [0, 0.05) is 18.3 Å². The average molecular weight is 337 g/mol. The minimum atomic E-state index is -0.236. The van der Waals surface area contributed by atoms with E-state index >= 15 is 0 Å². The van der Waals surface area contributed by atoms with E-state index in [9.17, 15) is 14.4 Å². The molecule has 1 aliphatic rings. The van der Waals surface area contributed by atoms with Gasteiger partial charge in [-0.05, 0) is 31.4 Å². The van der Waals surface area contributed by atoms with Crippen molar-refractivity contribution in [3.05, 3.63) is 21.9 Å². The summed E-state index contributed by atoms with van der Waals surface area (Å²) in [6, 6.07) is 3.63. The van der Waals surface area contributed by atoms with Crippen LogP contribution in [0.25, 0.3) is 0 Å². The van der Waals surface area contributed by atoms with Gasteiger partial charge in [0.25, 0.3) is 0 Å². The van der Waals surface area contributed by atoms with Crippen LogP contribution in [0.5, 0.6) is 0 Å². The Balaban J connectivity index is 1.75. The van der Waals surface area contributed by atoms with Gasteiger partial charge in [-0.3, -0.25) is 14.4 Å². The Labute approximate surface area is 140 Å². The smallest absolute Gasteiger partial charge is 0.309 e. The van der Waals surface area contributed by atoms with E-state index in [1.165, 1.54) is 24.7 Å². The minimum Gasteiger partial charge on any atom is -0.457 e. The standard InChI is InChI=1S/C17H23NO4S/c1-12(19)18-10-9-14-7-8-16(23-14)15(20)11-22-17(21)13-5-3-2-4-6-13/h7-8,13H,2-6,9-11H2,1H3,(H,18,19). The highest BCUT2D eigenvalue weighted by Crippen LogP contribution is 2.25. The summed E-state index contributed by atoms with van der Waals surface area (Å²) < 4.78 is 5.18. The van der Waals surface area contributed by atoms with Crippen LogP contribution in [0.1, 0.15) is 53.6 Å². The van der Waals surface area contributed by atoms with Crippen LogP contribution in [0, 0.1) is 5.92 Å². The Morgan fingerprint density at radius 2 is 1.96 bits per heavy atom. The number of esters is 1. The second kappa shape index (κ2) is 8.82. The first kappa shape index (κ1) is 17.7. The van der Waals surface area contributed by atoms with Gasteiger partial charge in [-0.15, -0.1) is 11.3 Å². The zero-order chi connectivity index (χ0) is 16.7. The molecule has 1 saturated carbocycles. The van der Waals surface area contributed by atoms with Crippen molar-refractivity contribution < 1.29 is 19.1 Å². The summed E-state index contributed by atoms with van der Waals surface area (Å²) in [5.74, 6) is -0.494. The van der Waals surface area contributed by atoms with Crippen LogP contribution in [0.2, 0.25) is 0 Å². The third-order valence-electron chi connectivity index (χ3n) is 3.97. The quantitative estimate of drug-likeness (QED) is 0.613. The maximum atomic E-state index is 12.1. The molecule has 6 heteroatoms. The second-order valence-electron chi connectivity index (χ2n) is 5.86. The van der Waals surface area contributed by atoms with E-state index in [0.717, 1.165) is 30.6 Å². The highest BCUT2D eigenvalue weighted by molar-refractivity contribution is 7.14. The summed E-state index contributed by atoms with van der Waals surface area (Å²) in [5, 5.41) is 2.72. The maximum absolute atomic E-state index is 12.1. The molecule has 1 heterocycles. The Morgan fingerprint density at radius 3 is 2.65 bits per heavy atom. The molecule has 0 bridgehead atoms. The molecule has 2 rings (SSSR count). The molecule has 0 atom stereocenters. The van der Waals surface area contributed by atoms with E-state index in [4.69, 9.17) is 4.74 Å². The molecular weight excluding hydrogens is 314 g/mol. The van der Waals surface area contributed by atoms with E-state index < -0.39 is 0 Å². The topological polar surface area (TPSA) is 72.5 Å². The molecule has 1 aliphatic carbocycles. The molecule has 0 aliphatic heterocycles. The van der Waals surface area contributed by atoms with Crippen LogP contribution in [0.15, 0.2) is 12.1 Å². The predicted molar refractivity (Wildman–Crippen MR) is 88.6 cm³/mol. The summed E-state index contributed by atoms with van der Waals surface area (Å²) in [6.07, 6.45) is 5.75. The van der Waals surface area contributed by atoms with Gasteiger partial charge >= 0.3 is 5.97 Å². The molecule has 1 amide bonds. The molecule has 1 N–H and O–H groups in total. The number of hydrogen-bond donors (Lipinski definition) is 1. The van der Waals surface area contributed by atoms with Crippen molar-refractivity contribution in [2.24, 2.45) is 5.92 Å². The molecule has 0 saturated heterocycles. The van der Waals surface area contributed by atoms with Crippen LogP contribution in [0.4, 0.5) is 0 Å². The fourth-order valence-corrected chi connectivity index (χ4v) is 3.62. The molecule has 126 valence electrons. The highest BCUT2D eigenvalue weighted by Gasteiger charge is 2.23. The Kier molecular flexibility index (Phi) is 6.77. The summed E-state index contributed by atoms with van der Waals surface area (Å²) in [5.41, 5.74) is 0. The van der Waals surface area contributed by atoms with Crippen LogP contribution >= 0.6 is 11.3 Å².